The monoisotopic (exact) mass is 402 g/mol. The largest absolute Gasteiger partial charge is 0.497 e. The molecule has 0 saturated heterocycles. The van der Waals surface area contributed by atoms with Crippen LogP contribution < -0.4 is 4.74 Å². The second-order valence-corrected chi connectivity index (χ2v) is 6.58. The van der Waals surface area contributed by atoms with Crippen molar-refractivity contribution >= 4 is 43.5 Å². The lowest BCUT2D eigenvalue weighted by Crippen LogP contribution is -1.97. The molecule has 2 aromatic rings. The molecule has 100 valence electrons. The number of benzene rings is 2. The van der Waals surface area contributed by atoms with Gasteiger partial charge < -0.3 is 4.74 Å². The quantitative estimate of drug-likeness (QED) is 0.586. The van der Waals surface area contributed by atoms with Gasteiger partial charge in [0.1, 0.15) is 5.75 Å². The predicted octanol–water partition coefficient (Wildman–Crippen LogP) is 5.79. The summed E-state index contributed by atoms with van der Waals surface area (Å²) in [5, 5.41) is 0.748. The average molecular weight is 405 g/mol. The molecule has 0 heterocycles. The maximum Gasteiger partial charge on any atom is 0.118 e. The Kier molecular flexibility index (Phi) is 5.31. The van der Waals surface area contributed by atoms with Gasteiger partial charge in [-0.2, -0.15) is 0 Å². The van der Waals surface area contributed by atoms with Crippen molar-refractivity contribution in [1.82, 2.24) is 0 Å². The SMILES string of the molecule is COc1ccc(CC(Br)c2cc(Cl)ccc2Br)cc1. The van der Waals surface area contributed by atoms with Crippen LogP contribution in [0.25, 0.3) is 0 Å². The van der Waals surface area contributed by atoms with Gasteiger partial charge in [0.2, 0.25) is 0 Å². The van der Waals surface area contributed by atoms with Gasteiger partial charge in [0, 0.05) is 14.3 Å². The summed E-state index contributed by atoms with van der Waals surface area (Å²) in [6, 6.07) is 13.9. The summed E-state index contributed by atoms with van der Waals surface area (Å²) in [4.78, 5) is 0.217. The minimum absolute atomic E-state index is 0.217. The Hall–Kier alpha value is -0.510. The highest BCUT2D eigenvalue weighted by molar-refractivity contribution is 9.11. The minimum atomic E-state index is 0.217. The molecule has 19 heavy (non-hydrogen) atoms. The zero-order valence-corrected chi connectivity index (χ0v) is 14.3. The first-order valence-corrected chi connectivity index (χ1v) is 7.91. The highest BCUT2D eigenvalue weighted by Crippen LogP contribution is 2.34. The lowest BCUT2D eigenvalue weighted by molar-refractivity contribution is 0.414. The van der Waals surface area contributed by atoms with Crippen LogP contribution in [-0.4, -0.2) is 7.11 Å². The first-order valence-electron chi connectivity index (χ1n) is 5.82. The molecule has 0 aliphatic carbocycles. The molecule has 0 amide bonds. The highest BCUT2D eigenvalue weighted by atomic mass is 79.9. The number of rotatable bonds is 4. The van der Waals surface area contributed by atoms with Gasteiger partial charge in [0.15, 0.2) is 0 Å². The highest BCUT2D eigenvalue weighted by Gasteiger charge is 2.12. The van der Waals surface area contributed by atoms with Gasteiger partial charge in [-0.05, 0) is 47.9 Å². The smallest absolute Gasteiger partial charge is 0.118 e. The Morgan fingerprint density at radius 2 is 1.84 bits per heavy atom. The molecule has 0 fully saturated rings. The number of methoxy groups -OCH3 is 1. The van der Waals surface area contributed by atoms with Gasteiger partial charge in [-0.3, -0.25) is 0 Å². The van der Waals surface area contributed by atoms with Gasteiger partial charge in [-0.15, -0.1) is 0 Å². The van der Waals surface area contributed by atoms with Crippen LogP contribution in [0.2, 0.25) is 5.02 Å². The van der Waals surface area contributed by atoms with Gasteiger partial charge in [-0.25, -0.2) is 0 Å². The molecule has 0 spiro atoms. The van der Waals surface area contributed by atoms with E-state index in [4.69, 9.17) is 16.3 Å². The molecule has 1 atom stereocenters. The third kappa shape index (κ3) is 3.98. The Morgan fingerprint density at radius 3 is 2.47 bits per heavy atom. The summed E-state index contributed by atoms with van der Waals surface area (Å²) in [5.74, 6) is 0.874. The van der Waals surface area contributed by atoms with E-state index in [1.54, 1.807) is 7.11 Å². The molecule has 0 aliphatic rings. The summed E-state index contributed by atoms with van der Waals surface area (Å²) in [6.45, 7) is 0. The second-order valence-electron chi connectivity index (χ2n) is 4.19. The molecule has 0 radical (unpaired) electrons. The number of hydrogen-bond donors (Lipinski definition) is 0. The van der Waals surface area contributed by atoms with Crippen LogP contribution in [0.4, 0.5) is 0 Å². The molecular formula is C15H13Br2ClO. The molecule has 2 aromatic carbocycles. The van der Waals surface area contributed by atoms with Crippen LogP contribution in [-0.2, 0) is 6.42 Å². The molecule has 0 bridgehead atoms. The summed E-state index contributed by atoms with van der Waals surface area (Å²) in [5.41, 5.74) is 2.40. The van der Waals surface area contributed by atoms with Gasteiger partial charge in [0.05, 0.1) is 7.11 Å². The van der Waals surface area contributed by atoms with Crippen LogP contribution in [0.15, 0.2) is 46.9 Å². The first kappa shape index (κ1) is 14.9. The second kappa shape index (κ2) is 6.78. The van der Waals surface area contributed by atoms with Crippen molar-refractivity contribution in [1.29, 1.82) is 0 Å². The fraction of sp³-hybridized carbons (Fsp3) is 0.200. The van der Waals surface area contributed by atoms with E-state index in [9.17, 15) is 0 Å². The standard InChI is InChI=1S/C15H13Br2ClO/c1-19-12-5-2-10(3-6-12)8-15(17)13-9-11(18)4-7-14(13)16/h2-7,9,15H,8H2,1H3. The van der Waals surface area contributed by atoms with Crippen molar-refractivity contribution in [2.24, 2.45) is 0 Å². The van der Waals surface area contributed by atoms with Crippen LogP contribution in [0, 0.1) is 0 Å². The van der Waals surface area contributed by atoms with E-state index < -0.39 is 0 Å². The molecule has 2 rings (SSSR count). The minimum Gasteiger partial charge on any atom is -0.497 e. The van der Waals surface area contributed by atoms with Crippen molar-refractivity contribution in [2.75, 3.05) is 7.11 Å². The zero-order chi connectivity index (χ0) is 13.8. The van der Waals surface area contributed by atoms with E-state index in [0.717, 1.165) is 27.2 Å². The Labute approximate surface area is 135 Å². The van der Waals surface area contributed by atoms with Crippen LogP contribution in [0.1, 0.15) is 16.0 Å². The van der Waals surface area contributed by atoms with E-state index in [-0.39, 0.29) is 4.83 Å². The Balaban J connectivity index is 2.15. The molecule has 0 saturated carbocycles. The summed E-state index contributed by atoms with van der Waals surface area (Å²) in [7, 11) is 1.67. The zero-order valence-electron chi connectivity index (χ0n) is 10.4. The molecule has 0 aromatic heterocycles. The van der Waals surface area contributed by atoms with Gasteiger partial charge in [0.25, 0.3) is 0 Å². The third-order valence-electron chi connectivity index (χ3n) is 2.87. The topological polar surface area (TPSA) is 9.23 Å². The van der Waals surface area contributed by atoms with Crippen molar-refractivity contribution < 1.29 is 4.74 Å². The molecular weight excluding hydrogens is 391 g/mol. The van der Waals surface area contributed by atoms with Crippen molar-refractivity contribution in [3.63, 3.8) is 0 Å². The first-order chi connectivity index (χ1) is 9.10. The van der Waals surface area contributed by atoms with Gasteiger partial charge >= 0.3 is 0 Å². The summed E-state index contributed by atoms with van der Waals surface area (Å²) >= 11 is 13.3. The van der Waals surface area contributed by atoms with Crippen molar-refractivity contribution in [3.05, 3.63) is 63.1 Å². The average Bonchev–Trinajstić information content (AvgIpc) is 2.42. The molecule has 0 aliphatic heterocycles. The predicted molar refractivity (Wildman–Crippen MR) is 87.5 cm³/mol. The van der Waals surface area contributed by atoms with Gasteiger partial charge in [-0.1, -0.05) is 55.6 Å². The van der Waals surface area contributed by atoms with Crippen LogP contribution >= 0.6 is 43.5 Å². The number of halogens is 3. The van der Waals surface area contributed by atoms with E-state index >= 15 is 0 Å². The van der Waals surface area contributed by atoms with Crippen LogP contribution in [0.3, 0.4) is 0 Å². The van der Waals surface area contributed by atoms with E-state index in [0.29, 0.717) is 0 Å². The molecule has 0 N–H and O–H groups in total. The fourth-order valence-corrected chi connectivity index (χ4v) is 3.60. The Morgan fingerprint density at radius 1 is 1.16 bits per heavy atom. The van der Waals surface area contributed by atoms with E-state index in [2.05, 4.69) is 44.0 Å². The molecule has 1 nitrogen and oxygen atoms in total. The summed E-state index contributed by atoms with van der Waals surface area (Å²) in [6.07, 6.45) is 0.892. The maximum absolute atomic E-state index is 6.05. The lowest BCUT2D eigenvalue weighted by Gasteiger charge is -2.13. The normalized spacial score (nSPS) is 12.2. The number of alkyl halides is 1. The lowest BCUT2D eigenvalue weighted by atomic mass is 10.0. The van der Waals surface area contributed by atoms with Crippen LogP contribution in [0.5, 0.6) is 5.75 Å². The number of ether oxygens (including phenoxy) is 1. The van der Waals surface area contributed by atoms with E-state index in [1.165, 1.54) is 5.56 Å². The third-order valence-corrected chi connectivity index (χ3v) is 4.64. The van der Waals surface area contributed by atoms with E-state index in [1.807, 2.05) is 30.3 Å². The Bertz CT molecular complexity index is 555. The number of hydrogen-bond acceptors (Lipinski definition) is 1. The maximum atomic E-state index is 6.05. The van der Waals surface area contributed by atoms with Crippen molar-refractivity contribution in [2.45, 2.75) is 11.2 Å². The molecule has 1 unspecified atom stereocenters. The van der Waals surface area contributed by atoms with Crippen molar-refractivity contribution in [3.8, 4) is 5.75 Å². The fourth-order valence-electron chi connectivity index (χ4n) is 1.83. The molecule has 4 heteroatoms. The summed E-state index contributed by atoms with van der Waals surface area (Å²) < 4.78 is 6.22.